The minimum absolute atomic E-state index is 0.229. The molecule has 0 radical (unpaired) electrons. The zero-order valence-electron chi connectivity index (χ0n) is 11.5. The summed E-state index contributed by atoms with van der Waals surface area (Å²) in [5.41, 5.74) is 0. The van der Waals surface area contributed by atoms with Crippen LogP contribution in [-0.4, -0.2) is 35.8 Å². The van der Waals surface area contributed by atoms with Gasteiger partial charge in [-0.1, -0.05) is 6.07 Å². The third-order valence-electron chi connectivity index (χ3n) is 2.58. The first-order valence-corrected chi connectivity index (χ1v) is 7.41. The van der Waals surface area contributed by atoms with Crippen molar-refractivity contribution in [3.8, 4) is 0 Å². The molecule has 0 saturated carbocycles. The van der Waals surface area contributed by atoms with Crippen LogP contribution in [0.2, 0.25) is 0 Å². The predicted molar refractivity (Wildman–Crippen MR) is 82.1 cm³/mol. The molecule has 5 heteroatoms. The highest BCUT2D eigenvalue weighted by Crippen LogP contribution is 2.14. The van der Waals surface area contributed by atoms with Crippen molar-refractivity contribution in [1.29, 1.82) is 0 Å². The van der Waals surface area contributed by atoms with E-state index in [0.717, 1.165) is 11.7 Å². The van der Waals surface area contributed by atoms with Crippen molar-refractivity contribution >= 4 is 28.7 Å². The number of hydrogen-bond acceptors (Lipinski definition) is 3. The lowest BCUT2D eigenvalue weighted by atomic mass is 10.3. The van der Waals surface area contributed by atoms with E-state index in [4.69, 9.17) is 17.0 Å². The summed E-state index contributed by atoms with van der Waals surface area (Å²) < 4.78 is 5.11. The maximum absolute atomic E-state index is 5.48. The lowest BCUT2D eigenvalue weighted by Crippen LogP contribution is -2.47. The van der Waals surface area contributed by atoms with E-state index in [2.05, 4.69) is 48.5 Å². The van der Waals surface area contributed by atoms with E-state index in [1.807, 2.05) is 0 Å². The first-order valence-electron chi connectivity index (χ1n) is 6.13. The van der Waals surface area contributed by atoms with Crippen LogP contribution in [0.25, 0.3) is 0 Å². The van der Waals surface area contributed by atoms with Gasteiger partial charge in [0.15, 0.2) is 5.11 Å². The summed E-state index contributed by atoms with van der Waals surface area (Å²) in [6.07, 6.45) is 0. The monoisotopic (exact) mass is 286 g/mol. The Morgan fingerprint density at radius 3 is 2.72 bits per heavy atom. The number of ether oxygens (including phenoxy) is 1. The minimum atomic E-state index is 0.229. The van der Waals surface area contributed by atoms with Gasteiger partial charge in [0.2, 0.25) is 0 Å². The quantitative estimate of drug-likeness (QED) is 0.813. The Morgan fingerprint density at radius 1 is 1.50 bits per heavy atom. The van der Waals surface area contributed by atoms with Gasteiger partial charge in [-0.3, -0.25) is 0 Å². The Labute approximate surface area is 119 Å². The Kier molecular flexibility index (Phi) is 6.60. The molecule has 3 nitrogen and oxygen atoms in total. The van der Waals surface area contributed by atoms with Gasteiger partial charge in [0, 0.05) is 24.1 Å². The van der Waals surface area contributed by atoms with Crippen molar-refractivity contribution in [3.63, 3.8) is 0 Å². The molecule has 0 saturated heterocycles. The summed E-state index contributed by atoms with van der Waals surface area (Å²) in [6.45, 7) is 7.90. The van der Waals surface area contributed by atoms with Crippen LogP contribution in [0.15, 0.2) is 17.5 Å². The summed E-state index contributed by atoms with van der Waals surface area (Å²) in [7, 11) is 1.70. The average molecular weight is 286 g/mol. The molecule has 1 rings (SSSR count). The van der Waals surface area contributed by atoms with Crippen molar-refractivity contribution in [2.45, 2.75) is 39.4 Å². The summed E-state index contributed by atoms with van der Waals surface area (Å²) in [5, 5.41) is 6.20. The van der Waals surface area contributed by atoms with Crippen LogP contribution in [0.4, 0.5) is 0 Å². The number of rotatable bonds is 6. The molecule has 0 amide bonds. The van der Waals surface area contributed by atoms with E-state index in [-0.39, 0.29) is 6.04 Å². The molecular weight excluding hydrogens is 264 g/mol. The smallest absolute Gasteiger partial charge is 0.169 e. The zero-order chi connectivity index (χ0) is 13.5. The second-order valence-electron chi connectivity index (χ2n) is 4.61. The highest BCUT2D eigenvalue weighted by atomic mass is 32.1. The third-order valence-corrected chi connectivity index (χ3v) is 3.79. The number of nitrogens with one attached hydrogen (secondary N) is 1. The number of methoxy groups -OCH3 is 1. The molecule has 1 heterocycles. The molecule has 0 bridgehead atoms. The van der Waals surface area contributed by atoms with Gasteiger partial charge in [-0.2, -0.15) is 0 Å². The van der Waals surface area contributed by atoms with Crippen molar-refractivity contribution < 1.29 is 4.74 Å². The predicted octanol–water partition coefficient (Wildman–Crippen LogP) is 2.87. The van der Waals surface area contributed by atoms with Gasteiger partial charge in [0.05, 0.1) is 13.2 Å². The van der Waals surface area contributed by atoms with Gasteiger partial charge >= 0.3 is 0 Å². The van der Waals surface area contributed by atoms with Crippen molar-refractivity contribution in [3.05, 3.63) is 22.4 Å². The Balaban J connectivity index is 2.58. The summed E-state index contributed by atoms with van der Waals surface area (Å²) >= 11 is 7.24. The number of thiophene rings is 1. The Morgan fingerprint density at radius 2 is 2.22 bits per heavy atom. The van der Waals surface area contributed by atoms with Crippen molar-refractivity contribution in [2.24, 2.45) is 0 Å². The van der Waals surface area contributed by atoms with Crippen LogP contribution in [0.5, 0.6) is 0 Å². The maximum Gasteiger partial charge on any atom is 0.169 e. The molecule has 0 aliphatic carbocycles. The van der Waals surface area contributed by atoms with E-state index in [1.165, 1.54) is 4.88 Å². The second-order valence-corrected chi connectivity index (χ2v) is 6.03. The first kappa shape index (κ1) is 15.4. The van der Waals surface area contributed by atoms with Crippen LogP contribution in [0.1, 0.15) is 25.6 Å². The standard InChI is InChI=1S/C13H22N2OS2/c1-10(2)15(8-12-6-5-7-18-12)13(17)14-11(3)9-16-4/h5-7,10-11H,8-9H2,1-4H3,(H,14,17). The fourth-order valence-corrected chi connectivity index (χ4v) is 2.82. The van der Waals surface area contributed by atoms with Crippen LogP contribution in [-0.2, 0) is 11.3 Å². The molecule has 0 spiro atoms. The van der Waals surface area contributed by atoms with Crippen LogP contribution in [0, 0.1) is 0 Å². The molecule has 0 fully saturated rings. The molecule has 1 aromatic rings. The molecule has 1 atom stereocenters. The van der Waals surface area contributed by atoms with Gasteiger partial charge in [-0.05, 0) is 44.4 Å². The number of hydrogen-bond donors (Lipinski definition) is 1. The molecular formula is C13H22N2OS2. The average Bonchev–Trinajstić information content (AvgIpc) is 2.78. The highest BCUT2D eigenvalue weighted by molar-refractivity contribution is 7.80. The lowest BCUT2D eigenvalue weighted by molar-refractivity contribution is 0.177. The second kappa shape index (κ2) is 7.71. The van der Waals surface area contributed by atoms with Gasteiger partial charge in [-0.15, -0.1) is 11.3 Å². The fraction of sp³-hybridized carbons (Fsp3) is 0.615. The molecule has 0 aliphatic heterocycles. The minimum Gasteiger partial charge on any atom is -0.383 e. The largest absolute Gasteiger partial charge is 0.383 e. The van der Waals surface area contributed by atoms with Crippen LogP contribution < -0.4 is 5.32 Å². The highest BCUT2D eigenvalue weighted by Gasteiger charge is 2.16. The molecule has 102 valence electrons. The normalized spacial score (nSPS) is 12.5. The molecule has 1 N–H and O–H groups in total. The van der Waals surface area contributed by atoms with Crippen molar-refractivity contribution in [2.75, 3.05) is 13.7 Å². The van der Waals surface area contributed by atoms with Crippen molar-refractivity contribution in [1.82, 2.24) is 10.2 Å². The zero-order valence-corrected chi connectivity index (χ0v) is 13.1. The van der Waals surface area contributed by atoms with E-state index in [0.29, 0.717) is 12.6 Å². The third kappa shape index (κ3) is 4.92. The summed E-state index contributed by atoms with van der Waals surface area (Å²) in [6, 6.07) is 4.82. The van der Waals surface area contributed by atoms with E-state index < -0.39 is 0 Å². The molecule has 1 aromatic heterocycles. The molecule has 0 aromatic carbocycles. The maximum atomic E-state index is 5.48. The van der Waals surface area contributed by atoms with Crippen LogP contribution >= 0.6 is 23.6 Å². The van der Waals surface area contributed by atoms with Gasteiger partial charge in [0.1, 0.15) is 0 Å². The Bertz CT molecular complexity index is 352. The van der Waals surface area contributed by atoms with Gasteiger partial charge < -0.3 is 15.0 Å². The molecule has 18 heavy (non-hydrogen) atoms. The topological polar surface area (TPSA) is 24.5 Å². The van der Waals surface area contributed by atoms with Gasteiger partial charge in [0.25, 0.3) is 0 Å². The van der Waals surface area contributed by atoms with E-state index in [1.54, 1.807) is 18.4 Å². The number of nitrogens with zero attached hydrogens (tertiary/aromatic N) is 1. The summed E-state index contributed by atoms with van der Waals surface area (Å²) in [4.78, 5) is 3.53. The SMILES string of the molecule is COCC(C)NC(=S)N(Cc1cccs1)C(C)C. The Hall–Kier alpha value is -0.650. The lowest BCUT2D eigenvalue weighted by Gasteiger charge is -2.30. The van der Waals surface area contributed by atoms with Crippen LogP contribution in [0.3, 0.4) is 0 Å². The molecule has 0 aliphatic rings. The van der Waals surface area contributed by atoms with E-state index >= 15 is 0 Å². The first-order chi connectivity index (χ1) is 8.54. The van der Waals surface area contributed by atoms with Gasteiger partial charge in [-0.25, -0.2) is 0 Å². The molecule has 1 unspecified atom stereocenters. The summed E-state index contributed by atoms with van der Waals surface area (Å²) in [5.74, 6) is 0. The van der Waals surface area contributed by atoms with E-state index in [9.17, 15) is 0 Å². The number of thiocarbonyl (C=S) groups is 1. The fourth-order valence-electron chi connectivity index (χ4n) is 1.64.